The largest absolute Gasteiger partial charge is 0.363 e. The number of ether oxygens (including phenoxy) is 1. The van der Waals surface area contributed by atoms with Gasteiger partial charge in [0, 0.05) is 14.2 Å². The third kappa shape index (κ3) is 1.31. The van der Waals surface area contributed by atoms with Gasteiger partial charge in [-0.2, -0.15) is 15.0 Å². The van der Waals surface area contributed by atoms with Crippen molar-refractivity contribution in [2.75, 3.05) is 7.11 Å². The quantitative estimate of drug-likeness (QED) is 0.564. The van der Waals surface area contributed by atoms with E-state index in [2.05, 4.69) is 14.9 Å². The lowest BCUT2D eigenvalue weighted by Crippen LogP contribution is -2.01. The van der Waals surface area contributed by atoms with Crippen LogP contribution in [0, 0.1) is 0 Å². The maximum Gasteiger partial charge on any atom is 0.201 e. The summed E-state index contributed by atoms with van der Waals surface area (Å²) in [7, 11) is 3.07. The molecule has 0 saturated heterocycles. The summed E-state index contributed by atoms with van der Waals surface area (Å²) in [6.45, 7) is 0. The van der Waals surface area contributed by atoms with Crippen molar-refractivity contribution in [3.8, 4) is 0 Å². The molecular formula is C5H9N3O2. The molecule has 0 aliphatic heterocycles. The topological polar surface area (TPSA) is 60.2 Å². The van der Waals surface area contributed by atoms with Crippen molar-refractivity contribution < 1.29 is 9.84 Å². The van der Waals surface area contributed by atoms with Crippen LogP contribution >= 0.6 is 0 Å². The molecule has 1 unspecified atom stereocenters. The van der Waals surface area contributed by atoms with Crippen LogP contribution < -0.4 is 0 Å². The molecule has 1 rings (SSSR count). The molecule has 1 aromatic heterocycles. The molecule has 0 spiro atoms. The molecule has 1 atom stereocenters. The molecule has 0 fully saturated rings. The van der Waals surface area contributed by atoms with E-state index in [4.69, 9.17) is 5.11 Å². The van der Waals surface area contributed by atoms with Gasteiger partial charge in [-0.3, -0.25) is 0 Å². The first kappa shape index (κ1) is 7.17. The number of aliphatic hydroxyl groups is 1. The number of hydrogen-bond acceptors (Lipinski definition) is 4. The molecule has 56 valence electrons. The summed E-state index contributed by atoms with van der Waals surface area (Å²) in [5.74, 6) is 0. The predicted octanol–water partition coefficient (Wildman–Crippen LogP) is -0.548. The van der Waals surface area contributed by atoms with Gasteiger partial charge in [-0.25, -0.2) is 0 Å². The standard InChI is InChI=1S/C5H9N3O2/c1-8-6-3-4(7-8)5(9)10-2/h3,5,9H,1-2H3. The molecule has 0 bridgehead atoms. The van der Waals surface area contributed by atoms with Gasteiger partial charge in [0.25, 0.3) is 0 Å². The fraction of sp³-hybridized carbons (Fsp3) is 0.600. The Morgan fingerprint density at radius 3 is 2.90 bits per heavy atom. The van der Waals surface area contributed by atoms with Crippen LogP contribution in [-0.2, 0) is 11.8 Å². The Hall–Kier alpha value is -0.940. The molecule has 0 aliphatic carbocycles. The predicted molar refractivity (Wildman–Crippen MR) is 33.0 cm³/mol. The van der Waals surface area contributed by atoms with Crippen molar-refractivity contribution >= 4 is 0 Å². The fourth-order valence-corrected chi connectivity index (χ4v) is 0.595. The minimum atomic E-state index is -0.964. The smallest absolute Gasteiger partial charge is 0.201 e. The zero-order chi connectivity index (χ0) is 7.56. The number of aryl methyl sites for hydroxylation is 1. The second-order valence-corrected chi connectivity index (χ2v) is 1.85. The molecule has 1 N–H and O–H groups in total. The van der Waals surface area contributed by atoms with Gasteiger partial charge in [0.1, 0.15) is 5.69 Å². The van der Waals surface area contributed by atoms with Crippen LogP contribution in [0.5, 0.6) is 0 Å². The average molecular weight is 143 g/mol. The molecule has 5 nitrogen and oxygen atoms in total. The highest BCUT2D eigenvalue weighted by Crippen LogP contribution is 2.06. The van der Waals surface area contributed by atoms with E-state index in [1.165, 1.54) is 18.1 Å². The van der Waals surface area contributed by atoms with Crippen LogP contribution in [0.2, 0.25) is 0 Å². The van der Waals surface area contributed by atoms with E-state index in [0.717, 1.165) is 0 Å². The van der Waals surface area contributed by atoms with Gasteiger partial charge < -0.3 is 9.84 Å². The summed E-state index contributed by atoms with van der Waals surface area (Å²) >= 11 is 0. The Labute approximate surface area is 58.2 Å². The Balaban J connectivity index is 2.74. The summed E-state index contributed by atoms with van der Waals surface area (Å²) < 4.78 is 4.59. The summed E-state index contributed by atoms with van der Waals surface area (Å²) in [6, 6.07) is 0. The van der Waals surface area contributed by atoms with E-state index < -0.39 is 6.29 Å². The molecule has 0 aromatic carbocycles. The molecule has 5 heteroatoms. The Kier molecular flexibility index (Phi) is 1.98. The first-order valence-electron chi connectivity index (χ1n) is 2.81. The van der Waals surface area contributed by atoms with E-state index >= 15 is 0 Å². The van der Waals surface area contributed by atoms with Gasteiger partial charge in [-0.05, 0) is 0 Å². The number of rotatable bonds is 2. The zero-order valence-electron chi connectivity index (χ0n) is 5.85. The number of hydrogen-bond donors (Lipinski definition) is 1. The highest BCUT2D eigenvalue weighted by atomic mass is 16.6. The Morgan fingerprint density at radius 1 is 1.80 bits per heavy atom. The van der Waals surface area contributed by atoms with Crippen molar-refractivity contribution in [2.24, 2.45) is 7.05 Å². The highest BCUT2D eigenvalue weighted by molar-refractivity contribution is 4.91. The molecule has 10 heavy (non-hydrogen) atoms. The summed E-state index contributed by atoms with van der Waals surface area (Å²) in [6.07, 6.45) is 0.488. The van der Waals surface area contributed by atoms with Gasteiger partial charge in [0.05, 0.1) is 6.20 Å². The van der Waals surface area contributed by atoms with Crippen LogP contribution in [0.3, 0.4) is 0 Å². The Bertz CT molecular complexity index is 210. The van der Waals surface area contributed by atoms with Gasteiger partial charge in [-0.1, -0.05) is 0 Å². The number of aromatic nitrogens is 3. The third-order valence-corrected chi connectivity index (χ3v) is 1.09. The van der Waals surface area contributed by atoms with Crippen LogP contribution in [0.15, 0.2) is 6.20 Å². The van der Waals surface area contributed by atoms with E-state index in [-0.39, 0.29) is 0 Å². The molecule has 1 heterocycles. The normalized spacial score (nSPS) is 13.5. The summed E-state index contributed by atoms with van der Waals surface area (Å²) in [5, 5.41) is 16.6. The monoisotopic (exact) mass is 143 g/mol. The minimum absolute atomic E-state index is 0.421. The van der Waals surface area contributed by atoms with E-state index in [0.29, 0.717) is 5.69 Å². The number of aliphatic hydroxyl groups excluding tert-OH is 1. The Morgan fingerprint density at radius 2 is 2.50 bits per heavy atom. The van der Waals surface area contributed by atoms with Crippen LogP contribution in [0.4, 0.5) is 0 Å². The minimum Gasteiger partial charge on any atom is -0.363 e. The lowest BCUT2D eigenvalue weighted by molar-refractivity contribution is -0.0801. The van der Waals surface area contributed by atoms with E-state index in [1.54, 1.807) is 7.05 Å². The number of nitrogens with zero attached hydrogens (tertiary/aromatic N) is 3. The van der Waals surface area contributed by atoms with E-state index in [1.807, 2.05) is 0 Å². The molecule has 0 saturated carbocycles. The van der Waals surface area contributed by atoms with Gasteiger partial charge in [0.2, 0.25) is 6.29 Å². The lowest BCUT2D eigenvalue weighted by Gasteiger charge is -2.01. The number of methoxy groups -OCH3 is 1. The highest BCUT2D eigenvalue weighted by Gasteiger charge is 2.08. The molecule has 0 amide bonds. The average Bonchev–Trinajstić information content (AvgIpc) is 2.34. The molecular weight excluding hydrogens is 134 g/mol. The summed E-state index contributed by atoms with van der Waals surface area (Å²) in [5.41, 5.74) is 0.421. The maximum absolute atomic E-state index is 9.00. The van der Waals surface area contributed by atoms with Gasteiger partial charge >= 0.3 is 0 Å². The van der Waals surface area contributed by atoms with E-state index in [9.17, 15) is 0 Å². The maximum atomic E-state index is 9.00. The molecule has 0 aliphatic rings. The summed E-state index contributed by atoms with van der Waals surface area (Å²) in [4.78, 5) is 1.36. The van der Waals surface area contributed by atoms with Crippen molar-refractivity contribution in [1.29, 1.82) is 0 Å². The van der Waals surface area contributed by atoms with Crippen molar-refractivity contribution in [1.82, 2.24) is 15.0 Å². The van der Waals surface area contributed by atoms with Crippen molar-refractivity contribution in [2.45, 2.75) is 6.29 Å². The second-order valence-electron chi connectivity index (χ2n) is 1.85. The van der Waals surface area contributed by atoms with Gasteiger partial charge in [-0.15, -0.1) is 0 Å². The lowest BCUT2D eigenvalue weighted by atomic mass is 10.5. The van der Waals surface area contributed by atoms with Gasteiger partial charge in [0.15, 0.2) is 0 Å². The molecule has 0 radical (unpaired) electrons. The van der Waals surface area contributed by atoms with Crippen LogP contribution in [-0.4, -0.2) is 27.2 Å². The zero-order valence-corrected chi connectivity index (χ0v) is 5.85. The first-order chi connectivity index (χ1) is 4.74. The van der Waals surface area contributed by atoms with Crippen molar-refractivity contribution in [3.63, 3.8) is 0 Å². The fourth-order valence-electron chi connectivity index (χ4n) is 0.595. The van der Waals surface area contributed by atoms with Crippen LogP contribution in [0.1, 0.15) is 12.0 Å². The molecule has 1 aromatic rings. The van der Waals surface area contributed by atoms with Crippen molar-refractivity contribution in [3.05, 3.63) is 11.9 Å². The first-order valence-corrected chi connectivity index (χ1v) is 2.81. The third-order valence-electron chi connectivity index (χ3n) is 1.09. The van der Waals surface area contributed by atoms with Crippen LogP contribution in [0.25, 0.3) is 0 Å². The SMILES string of the molecule is COC(O)c1cnn(C)n1. The second kappa shape index (κ2) is 2.76.